The summed E-state index contributed by atoms with van der Waals surface area (Å²) in [5.74, 6) is -0.707. The number of carbonyl (C=O) groups excluding carboxylic acids is 3. The van der Waals surface area contributed by atoms with Crippen LogP contribution < -0.4 is 0 Å². The van der Waals surface area contributed by atoms with E-state index in [4.69, 9.17) is 18.9 Å². The summed E-state index contributed by atoms with van der Waals surface area (Å²) in [6, 6.07) is 18.2. The molecule has 2 aromatic rings. The summed E-state index contributed by atoms with van der Waals surface area (Å²) < 4.78 is 28.2. The van der Waals surface area contributed by atoms with E-state index in [1.54, 1.807) is 24.3 Å². The molecule has 8 heteroatoms. The van der Waals surface area contributed by atoms with Gasteiger partial charge in [0.05, 0.1) is 19.3 Å². The summed E-state index contributed by atoms with van der Waals surface area (Å²) in [6.45, 7) is 0.629. The highest BCUT2D eigenvalue weighted by Crippen LogP contribution is 2.29. The molecule has 1 aliphatic heterocycles. The van der Waals surface area contributed by atoms with Crippen molar-refractivity contribution in [2.24, 2.45) is 0 Å². The van der Waals surface area contributed by atoms with Gasteiger partial charge in [0.2, 0.25) is 0 Å². The number of carbonyl (C=O) groups is 3. The molecule has 2 aromatic carbocycles. The Labute approximate surface area is 218 Å². The summed E-state index contributed by atoms with van der Waals surface area (Å²) in [5.41, 5.74) is 1.32. The van der Waals surface area contributed by atoms with E-state index in [1.165, 1.54) is 7.11 Å². The average molecular weight is 513 g/mol. The molecule has 4 atom stereocenters. The highest BCUT2D eigenvalue weighted by atomic mass is 16.7. The normalized spacial score (nSPS) is 20.9. The Balaban J connectivity index is 1.53. The third-order valence-electron chi connectivity index (χ3n) is 6.16. The van der Waals surface area contributed by atoms with Crippen LogP contribution in [-0.2, 0) is 39.9 Å². The summed E-state index contributed by atoms with van der Waals surface area (Å²) in [4.78, 5) is 35.8. The minimum Gasteiger partial charge on any atom is -0.469 e. The number of benzene rings is 2. The SMILES string of the molecule is COC(=O)CCCCCCCCO[C@H]1O[C@H](C=O)[C@@H](OCc2ccccc2)[C@@H]1OC(=O)c1ccccc1. The van der Waals surface area contributed by atoms with Crippen molar-refractivity contribution in [2.45, 2.75) is 76.2 Å². The first-order valence-electron chi connectivity index (χ1n) is 12.8. The fraction of sp³-hybridized carbons (Fsp3) is 0.483. The zero-order chi connectivity index (χ0) is 26.3. The second kappa shape index (κ2) is 15.9. The molecular formula is C29H36O8. The van der Waals surface area contributed by atoms with Crippen LogP contribution in [-0.4, -0.2) is 56.5 Å². The van der Waals surface area contributed by atoms with Crippen molar-refractivity contribution < 1.29 is 38.1 Å². The second-order valence-corrected chi connectivity index (χ2v) is 8.92. The lowest BCUT2D eigenvalue weighted by atomic mass is 10.1. The number of methoxy groups -OCH3 is 1. The van der Waals surface area contributed by atoms with Crippen molar-refractivity contribution in [1.29, 1.82) is 0 Å². The largest absolute Gasteiger partial charge is 0.469 e. The van der Waals surface area contributed by atoms with Crippen LogP contribution >= 0.6 is 0 Å². The molecule has 0 bridgehead atoms. The highest BCUT2D eigenvalue weighted by molar-refractivity contribution is 5.89. The van der Waals surface area contributed by atoms with Gasteiger partial charge in [-0.3, -0.25) is 4.79 Å². The molecular weight excluding hydrogens is 476 g/mol. The molecule has 3 rings (SSSR count). The summed E-state index contributed by atoms with van der Waals surface area (Å²) in [5, 5.41) is 0. The maximum absolute atomic E-state index is 12.8. The van der Waals surface area contributed by atoms with Crippen LogP contribution in [0.2, 0.25) is 0 Å². The van der Waals surface area contributed by atoms with Crippen LogP contribution in [0.3, 0.4) is 0 Å². The molecule has 0 saturated carbocycles. The molecule has 1 saturated heterocycles. The maximum atomic E-state index is 12.8. The fourth-order valence-electron chi connectivity index (χ4n) is 4.12. The van der Waals surface area contributed by atoms with Gasteiger partial charge in [-0.05, 0) is 30.5 Å². The van der Waals surface area contributed by atoms with Crippen LogP contribution in [0.15, 0.2) is 60.7 Å². The lowest BCUT2D eigenvalue weighted by molar-refractivity contribution is -0.168. The van der Waals surface area contributed by atoms with Gasteiger partial charge in [-0.25, -0.2) is 4.79 Å². The van der Waals surface area contributed by atoms with E-state index in [0.29, 0.717) is 24.9 Å². The summed E-state index contributed by atoms with van der Waals surface area (Å²) >= 11 is 0. The number of ether oxygens (including phenoxy) is 5. The van der Waals surface area contributed by atoms with E-state index in [9.17, 15) is 14.4 Å². The van der Waals surface area contributed by atoms with Crippen molar-refractivity contribution in [3.63, 3.8) is 0 Å². The first kappa shape index (κ1) is 28.5. The molecule has 1 aliphatic rings. The molecule has 0 radical (unpaired) electrons. The Kier molecular flexibility index (Phi) is 12.3. The number of esters is 2. The standard InChI is InChI=1S/C29H36O8/c1-33-25(31)18-12-4-2-3-5-13-19-34-29-27(37-28(32)23-16-10-7-11-17-23)26(24(20-30)36-29)35-21-22-14-8-6-9-15-22/h6-11,14-17,20,24,26-27,29H,2-5,12-13,18-19,21H2,1H3/t24-,26-,27+,29+/m1/s1. The van der Waals surface area contributed by atoms with Gasteiger partial charge in [0.25, 0.3) is 0 Å². The molecule has 1 heterocycles. The fourth-order valence-corrected chi connectivity index (χ4v) is 4.12. The molecule has 1 fully saturated rings. The van der Waals surface area contributed by atoms with Gasteiger partial charge >= 0.3 is 11.9 Å². The van der Waals surface area contributed by atoms with Crippen molar-refractivity contribution in [3.8, 4) is 0 Å². The third kappa shape index (κ3) is 9.39. The number of hydrogen-bond donors (Lipinski definition) is 0. The second-order valence-electron chi connectivity index (χ2n) is 8.92. The van der Waals surface area contributed by atoms with E-state index < -0.39 is 30.6 Å². The van der Waals surface area contributed by atoms with Gasteiger partial charge < -0.3 is 28.5 Å². The Morgan fingerprint density at radius 1 is 0.838 bits per heavy atom. The van der Waals surface area contributed by atoms with E-state index in [-0.39, 0.29) is 12.6 Å². The first-order valence-corrected chi connectivity index (χ1v) is 12.8. The molecule has 0 aromatic heterocycles. The van der Waals surface area contributed by atoms with Crippen LogP contribution in [0.4, 0.5) is 0 Å². The molecule has 8 nitrogen and oxygen atoms in total. The minimum absolute atomic E-state index is 0.174. The molecule has 0 aliphatic carbocycles. The average Bonchev–Trinajstić information content (AvgIpc) is 3.27. The van der Waals surface area contributed by atoms with Gasteiger partial charge in [0.15, 0.2) is 18.7 Å². The summed E-state index contributed by atoms with van der Waals surface area (Å²) in [6.07, 6.45) is 3.16. The topological polar surface area (TPSA) is 97.4 Å². The highest BCUT2D eigenvalue weighted by Gasteiger charge is 2.49. The molecule has 37 heavy (non-hydrogen) atoms. The van der Waals surface area contributed by atoms with E-state index >= 15 is 0 Å². The quantitative estimate of drug-likeness (QED) is 0.182. The van der Waals surface area contributed by atoms with Gasteiger partial charge in [-0.1, -0.05) is 74.2 Å². The minimum atomic E-state index is -0.919. The Hall–Kier alpha value is -3.07. The van der Waals surface area contributed by atoms with Crippen molar-refractivity contribution >= 4 is 18.2 Å². The Morgan fingerprint density at radius 3 is 2.16 bits per heavy atom. The zero-order valence-corrected chi connectivity index (χ0v) is 21.3. The molecule has 0 unspecified atom stereocenters. The molecule has 200 valence electrons. The third-order valence-corrected chi connectivity index (χ3v) is 6.16. The van der Waals surface area contributed by atoms with Crippen LogP contribution in [0.25, 0.3) is 0 Å². The maximum Gasteiger partial charge on any atom is 0.338 e. The first-order chi connectivity index (χ1) is 18.1. The monoisotopic (exact) mass is 512 g/mol. The number of unbranched alkanes of at least 4 members (excludes halogenated alkanes) is 5. The van der Waals surface area contributed by atoms with Crippen molar-refractivity contribution in [3.05, 3.63) is 71.8 Å². The smallest absolute Gasteiger partial charge is 0.338 e. The number of hydrogen-bond acceptors (Lipinski definition) is 8. The Morgan fingerprint density at radius 2 is 1.49 bits per heavy atom. The summed E-state index contributed by atoms with van der Waals surface area (Å²) in [7, 11) is 1.40. The predicted molar refractivity (Wildman–Crippen MR) is 136 cm³/mol. The van der Waals surface area contributed by atoms with Crippen LogP contribution in [0.1, 0.15) is 60.9 Å². The molecule has 0 N–H and O–H groups in total. The van der Waals surface area contributed by atoms with E-state index in [0.717, 1.165) is 44.1 Å². The van der Waals surface area contributed by atoms with E-state index in [1.807, 2.05) is 36.4 Å². The lowest BCUT2D eigenvalue weighted by Crippen LogP contribution is -2.40. The van der Waals surface area contributed by atoms with Gasteiger partial charge in [0, 0.05) is 13.0 Å². The van der Waals surface area contributed by atoms with Gasteiger partial charge in [0.1, 0.15) is 12.2 Å². The van der Waals surface area contributed by atoms with E-state index in [2.05, 4.69) is 4.74 Å². The number of aldehydes is 1. The number of rotatable bonds is 16. The predicted octanol–water partition coefficient (Wildman–Crippen LogP) is 4.64. The molecule has 0 spiro atoms. The van der Waals surface area contributed by atoms with Crippen molar-refractivity contribution in [2.75, 3.05) is 13.7 Å². The molecule has 0 amide bonds. The van der Waals surface area contributed by atoms with Gasteiger partial charge in [-0.15, -0.1) is 0 Å². The Bertz CT molecular complexity index is 949. The zero-order valence-electron chi connectivity index (χ0n) is 21.3. The van der Waals surface area contributed by atoms with Gasteiger partial charge in [-0.2, -0.15) is 0 Å². The van der Waals surface area contributed by atoms with Crippen LogP contribution in [0.5, 0.6) is 0 Å². The lowest BCUT2D eigenvalue weighted by Gasteiger charge is -2.24. The van der Waals surface area contributed by atoms with Crippen LogP contribution in [0, 0.1) is 0 Å². The van der Waals surface area contributed by atoms with Crippen molar-refractivity contribution in [1.82, 2.24) is 0 Å².